The molecule has 4 heteroatoms. The molecular formula is C15H13F2NO. The summed E-state index contributed by atoms with van der Waals surface area (Å²) in [6, 6.07) is 10.2. The lowest BCUT2D eigenvalue weighted by Gasteiger charge is -2.05. The smallest absolute Gasteiger partial charge is 0.167 e. The third-order valence-electron chi connectivity index (χ3n) is 2.91. The van der Waals surface area contributed by atoms with Crippen LogP contribution in [0.2, 0.25) is 0 Å². The van der Waals surface area contributed by atoms with Crippen LogP contribution in [-0.2, 0) is 13.0 Å². The van der Waals surface area contributed by atoms with E-state index in [0.29, 0.717) is 12.1 Å². The molecule has 0 aliphatic carbocycles. The first-order chi connectivity index (χ1) is 9.11. The third kappa shape index (κ3) is 3.03. The maximum atomic E-state index is 13.4. The van der Waals surface area contributed by atoms with Crippen LogP contribution < -0.4 is 5.73 Å². The molecule has 0 atom stereocenters. The van der Waals surface area contributed by atoms with Crippen molar-refractivity contribution >= 4 is 5.78 Å². The number of carbonyl (C=O) groups is 1. The highest BCUT2D eigenvalue weighted by atomic mass is 19.1. The van der Waals surface area contributed by atoms with Crippen molar-refractivity contribution in [3.63, 3.8) is 0 Å². The molecule has 0 aromatic heterocycles. The van der Waals surface area contributed by atoms with Crippen LogP contribution in [0.3, 0.4) is 0 Å². The van der Waals surface area contributed by atoms with Gasteiger partial charge in [-0.15, -0.1) is 0 Å². The maximum absolute atomic E-state index is 13.4. The van der Waals surface area contributed by atoms with E-state index in [1.807, 2.05) is 0 Å². The van der Waals surface area contributed by atoms with E-state index in [1.165, 1.54) is 6.07 Å². The molecule has 0 heterocycles. The van der Waals surface area contributed by atoms with Gasteiger partial charge in [0.05, 0.1) is 0 Å². The normalized spacial score (nSPS) is 10.5. The van der Waals surface area contributed by atoms with Crippen LogP contribution in [0.5, 0.6) is 0 Å². The molecule has 0 saturated carbocycles. The van der Waals surface area contributed by atoms with Crippen molar-refractivity contribution in [2.45, 2.75) is 13.0 Å². The lowest BCUT2D eigenvalue weighted by Crippen LogP contribution is -2.07. The minimum atomic E-state index is -0.702. The Hall–Kier alpha value is -2.07. The number of nitrogens with two attached hydrogens (primary N) is 1. The average molecular weight is 261 g/mol. The number of hydrogen-bond donors (Lipinski definition) is 1. The van der Waals surface area contributed by atoms with E-state index in [0.717, 1.165) is 17.7 Å². The van der Waals surface area contributed by atoms with E-state index in [9.17, 15) is 13.6 Å². The molecule has 98 valence electrons. The summed E-state index contributed by atoms with van der Waals surface area (Å²) in [5.74, 6) is -1.73. The zero-order chi connectivity index (χ0) is 13.8. The zero-order valence-corrected chi connectivity index (χ0v) is 10.2. The molecule has 0 aliphatic heterocycles. The van der Waals surface area contributed by atoms with Gasteiger partial charge in [-0.2, -0.15) is 0 Å². The maximum Gasteiger partial charge on any atom is 0.167 e. The molecular weight excluding hydrogens is 248 g/mol. The van der Waals surface area contributed by atoms with Crippen LogP contribution in [0, 0.1) is 11.6 Å². The van der Waals surface area contributed by atoms with E-state index in [-0.39, 0.29) is 17.8 Å². The Balaban J connectivity index is 2.20. The van der Waals surface area contributed by atoms with Crippen LogP contribution in [0.4, 0.5) is 8.78 Å². The van der Waals surface area contributed by atoms with Crippen LogP contribution in [0.25, 0.3) is 0 Å². The predicted octanol–water partition coefficient (Wildman–Crippen LogP) is 2.85. The molecule has 0 bridgehead atoms. The third-order valence-corrected chi connectivity index (χ3v) is 2.91. The van der Waals surface area contributed by atoms with Gasteiger partial charge < -0.3 is 5.73 Å². The second-order valence-electron chi connectivity index (χ2n) is 4.20. The fourth-order valence-corrected chi connectivity index (χ4v) is 1.79. The van der Waals surface area contributed by atoms with Crippen molar-refractivity contribution < 1.29 is 13.6 Å². The van der Waals surface area contributed by atoms with Gasteiger partial charge in [0.15, 0.2) is 5.78 Å². The van der Waals surface area contributed by atoms with Gasteiger partial charge in [0.25, 0.3) is 0 Å². The largest absolute Gasteiger partial charge is 0.326 e. The Morgan fingerprint density at radius 3 is 2.11 bits per heavy atom. The molecule has 0 radical (unpaired) electrons. The summed E-state index contributed by atoms with van der Waals surface area (Å²) in [6.45, 7) is 0.385. The Morgan fingerprint density at radius 1 is 1.00 bits per heavy atom. The SMILES string of the molecule is NCc1ccc(C(=O)Cc2c(F)cccc2F)cc1. The van der Waals surface area contributed by atoms with Crippen molar-refractivity contribution in [3.8, 4) is 0 Å². The molecule has 0 unspecified atom stereocenters. The molecule has 2 rings (SSSR count). The first kappa shape index (κ1) is 13.4. The number of hydrogen-bond acceptors (Lipinski definition) is 2. The average Bonchev–Trinajstić information content (AvgIpc) is 2.43. The second kappa shape index (κ2) is 5.71. The van der Waals surface area contributed by atoms with Gasteiger partial charge in [0.1, 0.15) is 11.6 Å². The minimum absolute atomic E-state index is 0.199. The summed E-state index contributed by atoms with van der Waals surface area (Å²) in [7, 11) is 0. The van der Waals surface area contributed by atoms with Crippen LogP contribution in [0.1, 0.15) is 21.5 Å². The first-order valence-electron chi connectivity index (χ1n) is 5.87. The highest BCUT2D eigenvalue weighted by Gasteiger charge is 2.14. The standard InChI is InChI=1S/C15H13F2NO/c16-13-2-1-3-14(17)12(13)8-15(19)11-6-4-10(9-18)5-7-11/h1-7H,8-9,18H2. The topological polar surface area (TPSA) is 43.1 Å². The van der Waals surface area contributed by atoms with E-state index in [1.54, 1.807) is 24.3 Å². The molecule has 2 nitrogen and oxygen atoms in total. The predicted molar refractivity (Wildman–Crippen MR) is 68.7 cm³/mol. The number of benzene rings is 2. The fraction of sp³-hybridized carbons (Fsp3) is 0.133. The Morgan fingerprint density at radius 2 is 1.58 bits per heavy atom. The van der Waals surface area contributed by atoms with Crippen molar-refractivity contribution in [1.82, 2.24) is 0 Å². The van der Waals surface area contributed by atoms with Crippen molar-refractivity contribution in [2.75, 3.05) is 0 Å². The van der Waals surface area contributed by atoms with E-state index >= 15 is 0 Å². The first-order valence-corrected chi connectivity index (χ1v) is 5.87. The van der Waals surface area contributed by atoms with E-state index in [2.05, 4.69) is 0 Å². The molecule has 0 saturated heterocycles. The molecule has 19 heavy (non-hydrogen) atoms. The molecule has 0 spiro atoms. The lowest BCUT2D eigenvalue weighted by molar-refractivity contribution is 0.0990. The van der Waals surface area contributed by atoms with Gasteiger partial charge in [-0.1, -0.05) is 30.3 Å². The van der Waals surface area contributed by atoms with Gasteiger partial charge in [-0.05, 0) is 17.7 Å². The van der Waals surface area contributed by atoms with Crippen molar-refractivity contribution in [3.05, 3.63) is 70.8 Å². The van der Waals surface area contributed by atoms with E-state index < -0.39 is 11.6 Å². The van der Waals surface area contributed by atoms with Crippen molar-refractivity contribution in [1.29, 1.82) is 0 Å². The number of ketones is 1. The summed E-state index contributed by atoms with van der Waals surface area (Å²) in [4.78, 5) is 12.0. The van der Waals surface area contributed by atoms with Crippen LogP contribution in [-0.4, -0.2) is 5.78 Å². The van der Waals surface area contributed by atoms with Gasteiger partial charge in [-0.3, -0.25) is 4.79 Å². The summed E-state index contributed by atoms with van der Waals surface area (Å²) in [6.07, 6.45) is -0.291. The fourth-order valence-electron chi connectivity index (χ4n) is 1.79. The highest BCUT2D eigenvalue weighted by molar-refractivity contribution is 5.97. The summed E-state index contributed by atoms with van der Waals surface area (Å²) >= 11 is 0. The summed E-state index contributed by atoms with van der Waals surface area (Å²) in [5, 5.41) is 0. The van der Waals surface area contributed by atoms with Crippen molar-refractivity contribution in [2.24, 2.45) is 5.73 Å². The molecule has 0 amide bonds. The molecule has 2 aromatic carbocycles. The lowest BCUT2D eigenvalue weighted by atomic mass is 10.0. The Kier molecular flexibility index (Phi) is 4.02. The van der Waals surface area contributed by atoms with Gasteiger partial charge in [-0.25, -0.2) is 8.78 Å². The van der Waals surface area contributed by atoms with Gasteiger partial charge in [0, 0.05) is 24.1 Å². The highest BCUT2D eigenvalue weighted by Crippen LogP contribution is 2.15. The van der Waals surface area contributed by atoms with Gasteiger partial charge >= 0.3 is 0 Å². The molecule has 0 aliphatic rings. The Bertz CT molecular complexity index is 573. The zero-order valence-electron chi connectivity index (χ0n) is 10.2. The summed E-state index contributed by atoms with van der Waals surface area (Å²) in [5.41, 5.74) is 6.57. The number of carbonyl (C=O) groups excluding carboxylic acids is 1. The minimum Gasteiger partial charge on any atom is -0.326 e. The van der Waals surface area contributed by atoms with E-state index in [4.69, 9.17) is 5.73 Å². The number of halogens is 2. The summed E-state index contributed by atoms with van der Waals surface area (Å²) < 4.78 is 26.9. The molecule has 2 N–H and O–H groups in total. The van der Waals surface area contributed by atoms with Crippen LogP contribution in [0.15, 0.2) is 42.5 Å². The van der Waals surface area contributed by atoms with Crippen LogP contribution >= 0.6 is 0 Å². The molecule has 0 fully saturated rings. The number of Topliss-reactive ketones (excluding diaryl/α,β-unsaturated/α-hetero) is 1. The Labute approximate surface area is 109 Å². The molecule has 2 aromatic rings. The quantitative estimate of drug-likeness (QED) is 0.860. The second-order valence-corrected chi connectivity index (χ2v) is 4.20. The number of rotatable bonds is 4. The monoisotopic (exact) mass is 261 g/mol. The van der Waals surface area contributed by atoms with Gasteiger partial charge in [0.2, 0.25) is 0 Å².